The molecule has 0 spiro atoms. The first-order chi connectivity index (χ1) is 5.25. The topological polar surface area (TPSA) is 43.1 Å². The van der Waals surface area contributed by atoms with Crippen molar-refractivity contribution in [2.45, 2.75) is 19.4 Å². The molecule has 3 heteroatoms. The minimum atomic E-state index is -0.329. The maximum Gasteiger partial charge on any atom is 0.180 e. The van der Waals surface area contributed by atoms with Gasteiger partial charge < -0.3 is 5.73 Å². The highest BCUT2D eigenvalue weighted by Crippen LogP contribution is 2.08. The normalized spacial score (nSPS) is 12.9. The summed E-state index contributed by atoms with van der Waals surface area (Å²) >= 11 is 1.52. The molecule has 0 aliphatic carbocycles. The molecule has 0 amide bonds. The molecule has 1 heterocycles. The highest BCUT2D eigenvalue weighted by Gasteiger charge is 2.12. The molecule has 2 N–H and O–H groups in total. The van der Waals surface area contributed by atoms with Crippen LogP contribution in [0, 0.1) is 0 Å². The van der Waals surface area contributed by atoms with Gasteiger partial charge in [-0.25, -0.2) is 0 Å². The van der Waals surface area contributed by atoms with Crippen LogP contribution in [0.3, 0.4) is 0 Å². The Labute approximate surface area is 70.0 Å². The van der Waals surface area contributed by atoms with Crippen molar-refractivity contribution >= 4 is 17.1 Å². The van der Waals surface area contributed by atoms with Crippen molar-refractivity contribution in [1.82, 2.24) is 0 Å². The van der Waals surface area contributed by atoms with E-state index in [4.69, 9.17) is 5.73 Å². The maximum absolute atomic E-state index is 11.3. The number of nitrogens with two attached hydrogens (primary N) is 1. The Bertz CT molecular complexity index is 230. The van der Waals surface area contributed by atoms with Gasteiger partial charge in [-0.15, -0.1) is 0 Å². The number of hydrogen-bond donors (Lipinski definition) is 1. The van der Waals surface area contributed by atoms with Crippen molar-refractivity contribution in [2.24, 2.45) is 5.73 Å². The fraction of sp³-hybridized carbons (Fsp3) is 0.375. The van der Waals surface area contributed by atoms with Crippen LogP contribution in [0.25, 0.3) is 0 Å². The Balaban J connectivity index is 2.70. The molecule has 0 aliphatic rings. The van der Waals surface area contributed by atoms with Crippen LogP contribution in [0.2, 0.25) is 0 Å². The number of thiophene rings is 1. The second-order valence-corrected chi connectivity index (χ2v) is 3.17. The number of rotatable bonds is 3. The van der Waals surface area contributed by atoms with Gasteiger partial charge in [0.05, 0.1) is 6.04 Å². The molecule has 11 heavy (non-hydrogen) atoms. The average molecular weight is 169 g/mol. The molecule has 0 aliphatic heterocycles. The fourth-order valence-corrected chi connectivity index (χ4v) is 1.45. The van der Waals surface area contributed by atoms with Gasteiger partial charge >= 0.3 is 0 Å². The monoisotopic (exact) mass is 169 g/mol. The maximum atomic E-state index is 11.3. The predicted octanol–water partition coefficient (Wildman–Crippen LogP) is 1.67. The van der Waals surface area contributed by atoms with Gasteiger partial charge in [0.1, 0.15) is 0 Å². The lowest BCUT2D eigenvalue weighted by Crippen LogP contribution is -2.29. The van der Waals surface area contributed by atoms with Crippen LogP contribution in [0.1, 0.15) is 23.7 Å². The van der Waals surface area contributed by atoms with Gasteiger partial charge in [-0.3, -0.25) is 4.79 Å². The van der Waals surface area contributed by atoms with E-state index < -0.39 is 0 Å². The van der Waals surface area contributed by atoms with Crippen molar-refractivity contribution < 1.29 is 4.79 Å². The fourth-order valence-electron chi connectivity index (χ4n) is 0.804. The molecular weight excluding hydrogens is 158 g/mol. The van der Waals surface area contributed by atoms with Gasteiger partial charge in [0.2, 0.25) is 0 Å². The van der Waals surface area contributed by atoms with Gasteiger partial charge in [0, 0.05) is 10.9 Å². The van der Waals surface area contributed by atoms with Gasteiger partial charge in [-0.05, 0) is 17.9 Å². The lowest BCUT2D eigenvalue weighted by Gasteiger charge is -2.04. The number of carbonyl (C=O) groups excluding carboxylic acids is 1. The Morgan fingerprint density at radius 1 is 1.82 bits per heavy atom. The SMILES string of the molecule is CC[C@@H](N)C(=O)c1ccsc1. The zero-order valence-corrected chi connectivity index (χ0v) is 7.23. The molecule has 0 unspecified atom stereocenters. The molecule has 0 radical (unpaired) electrons. The van der Waals surface area contributed by atoms with E-state index in [2.05, 4.69) is 0 Å². The van der Waals surface area contributed by atoms with E-state index in [9.17, 15) is 4.79 Å². The first-order valence-electron chi connectivity index (χ1n) is 3.57. The summed E-state index contributed by atoms with van der Waals surface area (Å²) in [7, 11) is 0. The number of carbonyl (C=O) groups is 1. The van der Waals surface area contributed by atoms with Crippen LogP contribution >= 0.6 is 11.3 Å². The number of hydrogen-bond acceptors (Lipinski definition) is 3. The summed E-state index contributed by atoms with van der Waals surface area (Å²) < 4.78 is 0. The Morgan fingerprint density at radius 3 is 3.00 bits per heavy atom. The third-order valence-corrected chi connectivity index (χ3v) is 2.27. The van der Waals surface area contributed by atoms with E-state index in [1.54, 1.807) is 0 Å². The second kappa shape index (κ2) is 3.64. The minimum absolute atomic E-state index is 0.0498. The zero-order valence-electron chi connectivity index (χ0n) is 6.41. The van der Waals surface area contributed by atoms with Crippen molar-refractivity contribution in [3.63, 3.8) is 0 Å². The van der Waals surface area contributed by atoms with Crippen LogP contribution in [0.4, 0.5) is 0 Å². The summed E-state index contributed by atoms with van der Waals surface area (Å²) in [4.78, 5) is 11.3. The minimum Gasteiger partial charge on any atom is -0.321 e. The van der Waals surface area contributed by atoms with Gasteiger partial charge in [0.15, 0.2) is 5.78 Å². The average Bonchev–Trinajstić information content (AvgIpc) is 2.53. The molecule has 60 valence electrons. The molecule has 1 aromatic heterocycles. The molecule has 1 aromatic rings. The van der Waals surface area contributed by atoms with Crippen molar-refractivity contribution in [2.75, 3.05) is 0 Å². The lowest BCUT2D eigenvalue weighted by atomic mass is 10.1. The molecule has 0 fully saturated rings. The summed E-state index contributed by atoms with van der Waals surface area (Å²) in [6, 6.07) is 1.48. The van der Waals surface area contributed by atoms with Crippen LogP contribution in [-0.2, 0) is 0 Å². The van der Waals surface area contributed by atoms with Gasteiger partial charge in [-0.2, -0.15) is 11.3 Å². The van der Waals surface area contributed by atoms with Gasteiger partial charge in [0.25, 0.3) is 0 Å². The molecule has 0 bridgehead atoms. The first kappa shape index (κ1) is 8.43. The van der Waals surface area contributed by atoms with Crippen molar-refractivity contribution in [3.8, 4) is 0 Å². The highest BCUT2D eigenvalue weighted by molar-refractivity contribution is 7.08. The van der Waals surface area contributed by atoms with Crippen LogP contribution in [-0.4, -0.2) is 11.8 Å². The molecular formula is C8H11NOS. The Hall–Kier alpha value is -0.670. The molecule has 0 saturated carbocycles. The predicted molar refractivity (Wildman–Crippen MR) is 46.9 cm³/mol. The summed E-state index contributed by atoms with van der Waals surface area (Å²) in [5.74, 6) is 0.0498. The summed E-state index contributed by atoms with van der Waals surface area (Å²) in [5.41, 5.74) is 6.30. The standard InChI is InChI=1S/C8H11NOS/c1-2-7(9)8(10)6-3-4-11-5-6/h3-5,7H,2,9H2,1H3/t7-/m1/s1. The second-order valence-electron chi connectivity index (χ2n) is 2.39. The lowest BCUT2D eigenvalue weighted by molar-refractivity contribution is 0.0960. The van der Waals surface area contributed by atoms with Crippen LogP contribution in [0.15, 0.2) is 16.8 Å². The molecule has 2 nitrogen and oxygen atoms in total. The first-order valence-corrected chi connectivity index (χ1v) is 4.52. The van der Waals surface area contributed by atoms with E-state index in [0.717, 1.165) is 5.56 Å². The third kappa shape index (κ3) is 1.88. The van der Waals surface area contributed by atoms with Crippen molar-refractivity contribution in [1.29, 1.82) is 0 Å². The van der Waals surface area contributed by atoms with E-state index >= 15 is 0 Å². The smallest absolute Gasteiger partial charge is 0.180 e. The number of Topliss-reactive ketones (excluding diaryl/α,β-unsaturated/α-hetero) is 1. The summed E-state index contributed by atoms with van der Waals surface area (Å²) in [6.45, 7) is 1.91. The quantitative estimate of drug-likeness (QED) is 0.699. The summed E-state index contributed by atoms with van der Waals surface area (Å²) in [6.07, 6.45) is 0.703. The molecule has 0 saturated heterocycles. The molecule has 1 rings (SSSR count). The van der Waals surface area contributed by atoms with E-state index in [1.165, 1.54) is 11.3 Å². The molecule has 0 aromatic carbocycles. The number of ketones is 1. The van der Waals surface area contributed by atoms with Crippen molar-refractivity contribution in [3.05, 3.63) is 22.4 Å². The van der Waals surface area contributed by atoms with Crippen LogP contribution in [0.5, 0.6) is 0 Å². The Kier molecular flexibility index (Phi) is 2.79. The van der Waals surface area contributed by atoms with E-state index in [1.807, 2.05) is 23.8 Å². The third-order valence-electron chi connectivity index (χ3n) is 1.58. The largest absolute Gasteiger partial charge is 0.321 e. The van der Waals surface area contributed by atoms with E-state index in [-0.39, 0.29) is 11.8 Å². The van der Waals surface area contributed by atoms with Crippen LogP contribution < -0.4 is 5.73 Å². The summed E-state index contributed by atoms with van der Waals surface area (Å²) in [5, 5.41) is 3.72. The Morgan fingerprint density at radius 2 is 2.55 bits per heavy atom. The molecule has 1 atom stereocenters. The zero-order chi connectivity index (χ0) is 8.27. The van der Waals surface area contributed by atoms with Gasteiger partial charge in [-0.1, -0.05) is 6.92 Å². The van der Waals surface area contributed by atoms with E-state index in [0.29, 0.717) is 6.42 Å². The highest BCUT2D eigenvalue weighted by atomic mass is 32.1.